The van der Waals surface area contributed by atoms with Crippen LogP contribution in [0, 0.1) is 0 Å². The first-order valence-corrected chi connectivity index (χ1v) is 7.94. The lowest BCUT2D eigenvalue weighted by molar-refractivity contribution is -0.148. The van der Waals surface area contributed by atoms with Crippen LogP contribution in [-0.4, -0.2) is 42.3 Å². The molecular formula is C18H25NO4. The number of likely N-dealkylation sites (tertiary alicyclic amines) is 1. The summed E-state index contributed by atoms with van der Waals surface area (Å²) in [5.41, 5.74) is 0.596. The van der Waals surface area contributed by atoms with E-state index >= 15 is 0 Å². The highest BCUT2D eigenvalue weighted by Crippen LogP contribution is 2.32. The zero-order valence-corrected chi connectivity index (χ0v) is 14.2. The van der Waals surface area contributed by atoms with Crippen LogP contribution >= 0.6 is 0 Å². The zero-order valence-electron chi connectivity index (χ0n) is 14.2. The van der Waals surface area contributed by atoms with E-state index in [1.807, 2.05) is 39.0 Å². The van der Waals surface area contributed by atoms with Crippen molar-refractivity contribution in [3.05, 3.63) is 35.9 Å². The smallest absolute Gasteiger partial charge is 0.411 e. The average molecular weight is 319 g/mol. The molecule has 0 aromatic heterocycles. The van der Waals surface area contributed by atoms with E-state index < -0.39 is 23.7 Å². The summed E-state index contributed by atoms with van der Waals surface area (Å²) >= 11 is 0. The molecule has 2 unspecified atom stereocenters. The quantitative estimate of drug-likeness (QED) is 0.785. The number of hydrogen-bond acceptors (Lipinski definition) is 4. The van der Waals surface area contributed by atoms with Crippen molar-refractivity contribution < 1.29 is 19.1 Å². The van der Waals surface area contributed by atoms with Crippen molar-refractivity contribution in [1.29, 1.82) is 0 Å². The summed E-state index contributed by atoms with van der Waals surface area (Å²) in [6.07, 6.45) is 0.895. The second-order valence-electron chi connectivity index (χ2n) is 6.84. The van der Waals surface area contributed by atoms with E-state index in [2.05, 4.69) is 12.1 Å². The third-order valence-electron chi connectivity index (χ3n) is 3.97. The largest absolute Gasteiger partial charge is 0.467 e. The minimum Gasteiger partial charge on any atom is -0.467 e. The molecule has 0 saturated carbocycles. The Bertz CT molecular complexity index is 550. The monoisotopic (exact) mass is 319 g/mol. The van der Waals surface area contributed by atoms with Crippen molar-refractivity contribution in [2.24, 2.45) is 0 Å². The van der Waals surface area contributed by atoms with Gasteiger partial charge in [0.2, 0.25) is 0 Å². The van der Waals surface area contributed by atoms with Crippen LogP contribution in [0.3, 0.4) is 0 Å². The van der Waals surface area contributed by atoms with Gasteiger partial charge in [0.1, 0.15) is 11.6 Å². The fraction of sp³-hybridized carbons (Fsp3) is 0.556. The lowest BCUT2D eigenvalue weighted by Gasteiger charge is -2.38. The van der Waals surface area contributed by atoms with Crippen LogP contribution in [-0.2, 0) is 14.3 Å². The molecule has 2 atom stereocenters. The molecule has 23 heavy (non-hydrogen) atoms. The van der Waals surface area contributed by atoms with E-state index in [1.54, 1.807) is 0 Å². The van der Waals surface area contributed by atoms with Crippen LogP contribution in [0.15, 0.2) is 30.3 Å². The minimum atomic E-state index is -0.603. The van der Waals surface area contributed by atoms with Crippen LogP contribution in [0.5, 0.6) is 0 Å². The number of methoxy groups -OCH3 is 1. The predicted octanol–water partition coefficient (Wildman–Crippen LogP) is 3.34. The van der Waals surface area contributed by atoms with Crippen LogP contribution < -0.4 is 0 Å². The second-order valence-corrected chi connectivity index (χ2v) is 6.84. The Kier molecular flexibility index (Phi) is 5.29. The van der Waals surface area contributed by atoms with Crippen LogP contribution in [0.1, 0.15) is 45.1 Å². The van der Waals surface area contributed by atoms with Gasteiger partial charge in [-0.15, -0.1) is 0 Å². The van der Waals surface area contributed by atoms with Crippen molar-refractivity contribution in [1.82, 2.24) is 4.90 Å². The van der Waals surface area contributed by atoms with Gasteiger partial charge in [0.25, 0.3) is 0 Å². The predicted molar refractivity (Wildman–Crippen MR) is 87.2 cm³/mol. The highest BCUT2D eigenvalue weighted by molar-refractivity contribution is 5.82. The number of esters is 1. The molecule has 0 radical (unpaired) electrons. The minimum absolute atomic E-state index is 0.235. The fourth-order valence-corrected chi connectivity index (χ4v) is 2.89. The number of ether oxygens (including phenoxy) is 2. The topological polar surface area (TPSA) is 55.8 Å². The average Bonchev–Trinajstić information content (AvgIpc) is 2.52. The first kappa shape index (κ1) is 17.3. The van der Waals surface area contributed by atoms with Crippen LogP contribution in [0.25, 0.3) is 0 Å². The molecule has 5 nitrogen and oxygen atoms in total. The van der Waals surface area contributed by atoms with Crippen LogP contribution in [0.2, 0.25) is 0 Å². The summed E-state index contributed by atoms with van der Waals surface area (Å²) in [6.45, 7) is 5.92. The number of amides is 1. The molecule has 1 amide bonds. The van der Waals surface area contributed by atoms with Crippen molar-refractivity contribution in [3.8, 4) is 0 Å². The van der Waals surface area contributed by atoms with Gasteiger partial charge >= 0.3 is 12.1 Å². The molecule has 1 aromatic rings. The summed E-state index contributed by atoms with van der Waals surface area (Å²) in [5, 5.41) is 0. The zero-order chi connectivity index (χ0) is 17.0. The van der Waals surface area contributed by atoms with Gasteiger partial charge in [-0.2, -0.15) is 0 Å². The number of nitrogens with zero attached hydrogens (tertiary/aromatic N) is 1. The Morgan fingerprint density at radius 2 is 1.83 bits per heavy atom. The van der Waals surface area contributed by atoms with Crippen molar-refractivity contribution in [2.75, 3.05) is 13.7 Å². The lowest BCUT2D eigenvalue weighted by Crippen LogP contribution is -2.51. The molecule has 0 bridgehead atoms. The molecule has 0 spiro atoms. The van der Waals surface area contributed by atoms with E-state index in [0.29, 0.717) is 13.0 Å². The SMILES string of the molecule is COC(=O)C1CC(c2ccccc2)CCN1C(=O)OC(C)(C)C. The highest BCUT2D eigenvalue weighted by atomic mass is 16.6. The molecule has 1 fully saturated rings. The normalized spacial score (nSPS) is 21.7. The third kappa shape index (κ3) is 4.47. The number of piperidine rings is 1. The van der Waals surface area contributed by atoms with Crippen molar-refractivity contribution in [3.63, 3.8) is 0 Å². The van der Waals surface area contributed by atoms with Gasteiger partial charge in [-0.05, 0) is 45.1 Å². The first-order chi connectivity index (χ1) is 10.8. The number of hydrogen-bond donors (Lipinski definition) is 0. The molecule has 1 aliphatic heterocycles. The van der Waals surface area contributed by atoms with Gasteiger partial charge in [-0.25, -0.2) is 9.59 Å². The Morgan fingerprint density at radius 1 is 1.17 bits per heavy atom. The van der Waals surface area contributed by atoms with Gasteiger partial charge in [0.15, 0.2) is 0 Å². The maximum Gasteiger partial charge on any atom is 0.411 e. The number of carbonyl (C=O) groups excluding carboxylic acids is 2. The molecular weight excluding hydrogens is 294 g/mol. The van der Waals surface area contributed by atoms with E-state index in [1.165, 1.54) is 17.6 Å². The Hall–Kier alpha value is -2.04. The molecule has 1 aromatic carbocycles. The second kappa shape index (κ2) is 7.02. The van der Waals surface area contributed by atoms with Gasteiger partial charge in [0.05, 0.1) is 7.11 Å². The number of carbonyl (C=O) groups is 2. The fourth-order valence-electron chi connectivity index (χ4n) is 2.89. The Labute approximate surface area is 137 Å². The lowest BCUT2D eigenvalue weighted by atomic mass is 9.85. The van der Waals surface area contributed by atoms with Gasteiger partial charge in [0, 0.05) is 6.54 Å². The number of benzene rings is 1. The summed E-state index contributed by atoms with van der Waals surface area (Å²) in [7, 11) is 1.35. The molecule has 1 heterocycles. The van der Waals surface area contributed by atoms with Crippen molar-refractivity contribution in [2.45, 2.75) is 51.2 Å². The Morgan fingerprint density at radius 3 is 2.39 bits per heavy atom. The highest BCUT2D eigenvalue weighted by Gasteiger charge is 2.39. The summed E-state index contributed by atoms with van der Waals surface area (Å²) in [5.74, 6) is -0.157. The first-order valence-electron chi connectivity index (χ1n) is 7.94. The third-order valence-corrected chi connectivity index (χ3v) is 3.97. The summed E-state index contributed by atoms with van der Waals surface area (Å²) in [6, 6.07) is 9.46. The molecule has 1 aliphatic rings. The Balaban J connectivity index is 2.16. The molecule has 0 aliphatic carbocycles. The maximum atomic E-state index is 12.4. The van der Waals surface area contributed by atoms with E-state index in [4.69, 9.17) is 9.47 Å². The number of rotatable bonds is 2. The van der Waals surface area contributed by atoms with E-state index in [9.17, 15) is 9.59 Å². The molecule has 1 saturated heterocycles. The summed E-state index contributed by atoms with van der Waals surface area (Å²) < 4.78 is 10.3. The standard InChI is InChI=1S/C18H25NO4/c1-18(2,3)23-17(21)19-11-10-14(12-15(19)16(20)22-4)13-8-6-5-7-9-13/h5-9,14-15H,10-12H2,1-4H3. The van der Waals surface area contributed by atoms with E-state index in [-0.39, 0.29) is 5.92 Å². The van der Waals surface area contributed by atoms with Gasteiger partial charge in [-0.3, -0.25) is 4.90 Å². The summed E-state index contributed by atoms with van der Waals surface area (Å²) in [4.78, 5) is 26.0. The van der Waals surface area contributed by atoms with Crippen LogP contribution in [0.4, 0.5) is 4.79 Å². The maximum absolute atomic E-state index is 12.4. The van der Waals surface area contributed by atoms with Crippen molar-refractivity contribution >= 4 is 12.1 Å². The van der Waals surface area contributed by atoms with Gasteiger partial charge in [-0.1, -0.05) is 30.3 Å². The molecule has 126 valence electrons. The van der Waals surface area contributed by atoms with E-state index in [0.717, 1.165) is 6.42 Å². The van der Waals surface area contributed by atoms with Gasteiger partial charge < -0.3 is 9.47 Å². The molecule has 0 N–H and O–H groups in total. The molecule has 5 heteroatoms. The molecule has 2 rings (SSSR count).